The third kappa shape index (κ3) is 6.06. The Morgan fingerprint density at radius 3 is 2.17 bits per heavy atom. The normalized spacial score (nSPS) is 18.4. The van der Waals surface area contributed by atoms with E-state index in [1.807, 2.05) is 60.7 Å². The van der Waals surface area contributed by atoms with E-state index in [0.29, 0.717) is 26.2 Å². The summed E-state index contributed by atoms with van der Waals surface area (Å²) in [6.07, 6.45) is 0.0586. The summed E-state index contributed by atoms with van der Waals surface area (Å²) in [5, 5.41) is 0. The van der Waals surface area contributed by atoms with Crippen LogP contribution in [0.15, 0.2) is 60.7 Å². The van der Waals surface area contributed by atoms with Gasteiger partial charge in [0.2, 0.25) is 0 Å². The molecule has 0 aromatic heterocycles. The van der Waals surface area contributed by atoms with Crippen LogP contribution in [-0.2, 0) is 32.2 Å². The van der Waals surface area contributed by atoms with Crippen molar-refractivity contribution in [2.75, 3.05) is 13.2 Å². The second-order valence-corrected chi connectivity index (χ2v) is 6.93. The Bertz CT molecular complexity index is 780. The second-order valence-electron chi connectivity index (χ2n) is 6.93. The Hall–Kier alpha value is -2.86. The Labute approximate surface area is 171 Å². The van der Waals surface area contributed by atoms with Gasteiger partial charge < -0.3 is 19.1 Å². The van der Waals surface area contributed by atoms with E-state index in [2.05, 4.69) is 0 Å². The van der Waals surface area contributed by atoms with Crippen molar-refractivity contribution in [3.05, 3.63) is 71.8 Å². The molecule has 0 radical (unpaired) electrons. The predicted octanol–water partition coefficient (Wildman–Crippen LogP) is 3.94. The van der Waals surface area contributed by atoms with Gasteiger partial charge in [0.05, 0.1) is 31.8 Å². The van der Waals surface area contributed by atoms with Crippen molar-refractivity contribution in [2.24, 2.45) is 0 Å². The van der Waals surface area contributed by atoms with Crippen LogP contribution in [0.1, 0.15) is 30.9 Å². The summed E-state index contributed by atoms with van der Waals surface area (Å²) in [5.74, 6) is -0.339. The fourth-order valence-electron chi connectivity index (χ4n) is 3.46. The monoisotopic (exact) mass is 397 g/mol. The lowest BCUT2D eigenvalue weighted by Crippen LogP contribution is -2.42. The molecule has 1 saturated heterocycles. The van der Waals surface area contributed by atoms with E-state index >= 15 is 0 Å². The first kappa shape index (κ1) is 20.9. The maximum atomic E-state index is 12.7. The summed E-state index contributed by atoms with van der Waals surface area (Å²) >= 11 is 0. The lowest BCUT2D eigenvalue weighted by Gasteiger charge is -2.27. The first-order valence-electron chi connectivity index (χ1n) is 9.96. The molecule has 2 atom stereocenters. The molecule has 2 aromatic carbocycles. The van der Waals surface area contributed by atoms with Gasteiger partial charge >= 0.3 is 12.1 Å². The average Bonchev–Trinajstić information content (AvgIpc) is 3.14. The van der Waals surface area contributed by atoms with Crippen LogP contribution in [0.2, 0.25) is 0 Å². The van der Waals surface area contributed by atoms with Gasteiger partial charge in [0.25, 0.3) is 0 Å². The second kappa shape index (κ2) is 10.6. The minimum atomic E-state index is -0.436. The third-order valence-corrected chi connectivity index (χ3v) is 4.91. The van der Waals surface area contributed by atoms with Crippen LogP contribution < -0.4 is 0 Å². The maximum Gasteiger partial charge on any atom is 0.410 e. The maximum absolute atomic E-state index is 12.7. The highest BCUT2D eigenvalue weighted by atomic mass is 16.6. The van der Waals surface area contributed by atoms with E-state index in [1.54, 1.807) is 11.8 Å². The number of hydrogen-bond acceptors (Lipinski definition) is 5. The largest absolute Gasteiger partial charge is 0.466 e. The van der Waals surface area contributed by atoms with Crippen LogP contribution in [-0.4, -0.2) is 42.3 Å². The number of carbonyl (C=O) groups is 2. The molecule has 6 heteroatoms. The Morgan fingerprint density at radius 1 is 0.931 bits per heavy atom. The summed E-state index contributed by atoms with van der Waals surface area (Å²) in [5.41, 5.74) is 1.96. The molecule has 1 heterocycles. The fraction of sp³-hybridized carbons (Fsp3) is 0.391. The zero-order valence-corrected chi connectivity index (χ0v) is 16.7. The lowest BCUT2D eigenvalue weighted by atomic mass is 10.1. The standard InChI is InChI=1S/C23H27NO5/c1-2-27-22(25)15-20-21(28-16-18-9-5-3-6-10-18)13-14-24(20)23(26)29-17-19-11-7-4-8-12-19/h3-12,20-21H,2,13-17H2,1H3/t20-,21+/m0/s1. The van der Waals surface area contributed by atoms with Crippen molar-refractivity contribution >= 4 is 12.1 Å². The molecule has 0 unspecified atom stereocenters. The van der Waals surface area contributed by atoms with Gasteiger partial charge in [-0.05, 0) is 24.5 Å². The first-order valence-corrected chi connectivity index (χ1v) is 9.96. The van der Waals surface area contributed by atoms with E-state index in [0.717, 1.165) is 11.1 Å². The molecule has 154 valence electrons. The highest BCUT2D eigenvalue weighted by molar-refractivity contribution is 5.73. The Kier molecular flexibility index (Phi) is 7.64. The molecule has 1 amide bonds. The van der Waals surface area contributed by atoms with Crippen LogP contribution in [0, 0.1) is 0 Å². The van der Waals surface area contributed by atoms with Gasteiger partial charge in [0.15, 0.2) is 0 Å². The molecule has 29 heavy (non-hydrogen) atoms. The highest BCUT2D eigenvalue weighted by Gasteiger charge is 2.40. The fourth-order valence-corrected chi connectivity index (χ4v) is 3.46. The van der Waals surface area contributed by atoms with Gasteiger partial charge in [-0.25, -0.2) is 4.79 Å². The smallest absolute Gasteiger partial charge is 0.410 e. The molecular weight excluding hydrogens is 370 g/mol. The van der Waals surface area contributed by atoms with Crippen LogP contribution >= 0.6 is 0 Å². The van der Waals surface area contributed by atoms with E-state index < -0.39 is 12.1 Å². The minimum absolute atomic E-state index is 0.0910. The van der Waals surface area contributed by atoms with Crippen molar-refractivity contribution in [2.45, 2.75) is 45.1 Å². The summed E-state index contributed by atoms with van der Waals surface area (Å²) < 4.78 is 16.6. The quantitative estimate of drug-likeness (QED) is 0.632. The van der Waals surface area contributed by atoms with E-state index in [4.69, 9.17) is 14.2 Å². The van der Waals surface area contributed by atoms with Gasteiger partial charge in [-0.3, -0.25) is 4.79 Å². The molecule has 0 bridgehead atoms. The van der Waals surface area contributed by atoms with Gasteiger partial charge in [-0.1, -0.05) is 60.7 Å². The predicted molar refractivity (Wildman–Crippen MR) is 108 cm³/mol. The zero-order chi connectivity index (χ0) is 20.5. The number of esters is 1. The number of nitrogens with zero attached hydrogens (tertiary/aromatic N) is 1. The molecule has 1 aliphatic rings. The molecule has 2 aromatic rings. The van der Waals surface area contributed by atoms with Crippen molar-refractivity contribution in [3.63, 3.8) is 0 Å². The molecule has 0 aliphatic carbocycles. The number of benzene rings is 2. The highest BCUT2D eigenvalue weighted by Crippen LogP contribution is 2.26. The van der Waals surface area contributed by atoms with E-state index in [1.165, 1.54) is 0 Å². The van der Waals surface area contributed by atoms with Crippen molar-refractivity contribution in [1.29, 1.82) is 0 Å². The molecule has 0 N–H and O–H groups in total. The van der Waals surface area contributed by atoms with Gasteiger partial charge in [-0.15, -0.1) is 0 Å². The summed E-state index contributed by atoms with van der Waals surface area (Å²) in [6, 6.07) is 18.9. The van der Waals surface area contributed by atoms with Crippen LogP contribution in [0.5, 0.6) is 0 Å². The average molecular weight is 397 g/mol. The SMILES string of the molecule is CCOC(=O)C[C@H]1[C@H](OCc2ccccc2)CCN1C(=O)OCc1ccccc1. The molecule has 1 fully saturated rings. The van der Waals surface area contributed by atoms with Crippen molar-refractivity contribution in [1.82, 2.24) is 4.90 Å². The van der Waals surface area contributed by atoms with Gasteiger partial charge in [-0.2, -0.15) is 0 Å². The summed E-state index contributed by atoms with van der Waals surface area (Å²) in [6.45, 7) is 3.17. The molecule has 0 spiro atoms. The number of amides is 1. The number of hydrogen-bond donors (Lipinski definition) is 0. The summed E-state index contributed by atoms with van der Waals surface area (Å²) in [7, 11) is 0. The lowest BCUT2D eigenvalue weighted by molar-refractivity contribution is -0.145. The van der Waals surface area contributed by atoms with Crippen LogP contribution in [0.25, 0.3) is 0 Å². The minimum Gasteiger partial charge on any atom is -0.466 e. The topological polar surface area (TPSA) is 65.1 Å². The molecule has 0 saturated carbocycles. The number of ether oxygens (including phenoxy) is 3. The Morgan fingerprint density at radius 2 is 1.55 bits per heavy atom. The van der Waals surface area contributed by atoms with E-state index in [9.17, 15) is 9.59 Å². The molecule has 3 rings (SSSR count). The van der Waals surface area contributed by atoms with Gasteiger partial charge in [0.1, 0.15) is 6.61 Å². The Balaban J connectivity index is 1.62. The third-order valence-electron chi connectivity index (χ3n) is 4.91. The molecular formula is C23H27NO5. The summed E-state index contributed by atoms with van der Waals surface area (Å²) in [4.78, 5) is 26.4. The number of carbonyl (C=O) groups excluding carboxylic acids is 2. The molecule has 1 aliphatic heterocycles. The zero-order valence-electron chi connectivity index (χ0n) is 16.7. The van der Waals surface area contributed by atoms with Crippen LogP contribution in [0.3, 0.4) is 0 Å². The number of rotatable bonds is 8. The van der Waals surface area contributed by atoms with Crippen molar-refractivity contribution in [3.8, 4) is 0 Å². The number of likely N-dealkylation sites (tertiary alicyclic amines) is 1. The van der Waals surface area contributed by atoms with Crippen molar-refractivity contribution < 1.29 is 23.8 Å². The van der Waals surface area contributed by atoms with Crippen LogP contribution in [0.4, 0.5) is 4.79 Å². The first-order chi connectivity index (χ1) is 14.2. The van der Waals surface area contributed by atoms with Gasteiger partial charge in [0, 0.05) is 6.54 Å². The molecule has 6 nitrogen and oxygen atoms in total. The van der Waals surface area contributed by atoms with E-state index in [-0.39, 0.29) is 25.1 Å².